The van der Waals surface area contributed by atoms with Gasteiger partial charge >= 0.3 is 0 Å². The minimum Gasteiger partial charge on any atom is -0.508 e. The van der Waals surface area contributed by atoms with Gasteiger partial charge in [0.05, 0.1) is 0 Å². The van der Waals surface area contributed by atoms with Crippen LogP contribution in [0.1, 0.15) is 37.5 Å². The first-order valence-corrected chi connectivity index (χ1v) is 6.90. The van der Waals surface area contributed by atoms with Crippen molar-refractivity contribution in [2.24, 2.45) is 0 Å². The Hall–Kier alpha value is -1.76. The molecule has 0 aliphatic carbocycles. The van der Waals surface area contributed by atoms with E-state index in [9.17, 15) is 5.11 Å². The topological polar surface area (TPSA) is 20.2 Å². The van der Waals surface area contributed by atoms with Crippen LogP contribution in [0, 0.1) is 0 Å². The Labute approximate surface area is 117 Å². The lowest BCUT2D eigenvalue weighted by atomic mass is 9.96. The summed E-state index contributed by atoms with van der Waals surface area (Å²) in [6.45, 7) is 6.05. The van der Waals surface area contributed by atoms with E-state index in [2.05, 4.69) is 30.4 Å². The second kappa shape index (κ2) is 8.36. The first kappa shape index (κ1) is 15.3. The molecule has 1 heteroatoms. The monoisotopic (exact) mass is 256 g/mol. The predicted octanol–water partition coefficient (Wildman–Crippen LogP) is 4.75. The first-order valence-electron chi connectivity index (χ1n) is 6.90. The molecule has 0 fully saturated rings. The number of rotatable bonds is 6. The van der Waals surface area contributed by atoms with Crippen molar-refractivity contribution in [2.45, 2.75) is 40.0 Å². The molecule has 0 amide bonds. The summed E-state index contributed by atoms with van der Waals surface area (Å²) in [5, 5.41) is 10.1. The molecule has 0 saturated carbocycles. The molecule has 1 aromatic carbocycles. The molecule has 0 atom stereocenters. The normalized spacial score (nSPS) is 12.2. The van der Waals surface area contributed by atoms with E-state index in [1.54, 1.807) is 0 Å². The van der Waals surface area contributed by atoms with Gasteiger partial charge in [0.15, 0.2) is 0 Å². The third-order valence-corrected chi connectivity index (χ3v) is 3.12. The molecular weight excluding hydrogens is 232 g/mol. The molecule has 1 aromatic rings. The quantitative estimate of drug-likeness (QED) is 0.728. The molecule has 0 heterocycles. The average molecular weight is 256 g/mol. The second-order valence-electron chi connectivity index (χ2n) is 4.57. The Morgan fingerprint density at radius 3 is 1.63 bits per heavy atom. The van der Waals surface area contributed by atoms with Crippen LogP contribution in [-0.2, 0) is 19.3 Å². The third kappa shape index (κ3) is 4.78. The van der Waals surface area contributed by atoms with E-state index in [0.717, 1.165) is 24.8 Å². The van der Waals surface area contributed by atoms with Crippen LogP contribution in [0.5, 0.6) is 5.75 Å². The van der Waals surface area contributed by atoms with Crippen molar-refractivity contribution in [3.8, 4) is 5.75 Å². The van der Waals surface area contributed by atoms with E-state index in [4.69, 9.17) is 0 Å². The van der Waals surface area contributed by atoms with Crippen LogP contribution in [0.3, 0.4) is 0 Å². The molecule has 0 aliphatic heterocycles. The smallest absolute Gasteiger partial charge is 0.119 e. The number of phenols is 1. The van der Waals surface area contributed by atoms with Crippen LogP contribution in [0.25, 0.3) is 0 Å². The first-order chi connectivity index (χ1) is 9.22. The van der Waals surface area contributed by atoms with Gasteiger partial charge in [-0.25, -0.2) is 0 Å². The van der Waals surface area contributed by atoms with Gasteiger partial charge in [0, 0.05) is 0 Å². The zero-order valence-corrected chi connectivity index (χ0v) is 12.2. The zero-order valence-electron chi connectivity index (χ0n) is 12.2. The maximum Gasteiger partial charge on any atom is 0.119 e. The van der Waals surface area contributed by atoms with Gasteiger partial charge in [0.2, 0.25) is 0 Å². The van der Waals surface area contributed by atoms with Gasteiger partial charge < -0.3 is 5.11 Å². The summed E-state index contributed by atoms with van der Waals surface area (Å²) >= 11 is 0. The van der Waals surface area contributed by atoms with Crippen molar-refractivity contribution >= 4 is 0 Å². The highest BCUT2D eigenvalue weighted by Crippen LogP contribution is 2.25. The minimum absolute atomic E-state index is 0.404. The van der Waals surface area contributed by atoms with Gasteiger partial charge in [0.25, 0.3) is 0 Å². The lowest BCUT2D eigenvalue weighted by Crippen LogP contribution is -1.95. The fraction of sp³-hybridized carbons (Fsp3) is 0.333. The lowest BCUT2D eigenvalue weighted by molar-refractivity contribution is 0.469. The Balaban J connectivity index is 3.11. The summed E-state index contributed by atoms with van der Waals surface area (Å²) in [5.74, 6) is 0.404. The van der Waals surface area contributed by atoms with Crippen LogP contribution in [0.4, 0.5) is 0 Å². The van der Waals surface area contributed by atoms with Crippen molar-refractivity contribution in [1.82, 2.24) is 0 Å². The zero-order chi connectivity index (χ0) is 14.1. The van der Waals surface area contributed by atoms with Gasteiger partial charge in [-0.2, -0.15) is 0 Å². The molecule has 0 bridgehead atoms. The van der Waals surface area contributed by atoms with Crippen LogP contribution < -0.4 is 0 Å². The Bertz CT molecular complexity index is 479. The fourth-order valence-corrected chi connectivity index (χ4v) is 2.01. The van der Waals surface area contributed by atoms with Crippen LogP contribution in [0.15, 0.2) is 48.6 Å². The van der Waals surface area contributed by atoms with Gasteiger partial charge in [-0.05, 0) is 62.8 Å². The highest BCUT2D eigenvalue weighted by atomic mass is 16.3. The van der Waals surface area contributed by atoms with E-state index < -0.39 is 0 Å². The van der Waals surface area contributed by atoms with Crippen molar-refractivity contribution in [3.05, 3.63) is 65.3 Å². The highest BCUT2D eigenvalue weighted by Gasteiger charge is 2.07. The van der Waals surface area contributed by atoms with E-state index in [-0.39, 0.29) is 0 Å². The minimum atomic E-state index is 0.404. The maximum absolute atomic E-state index is 10.1. The number of phenolic OH excluding ortho intramolecular Hbond substituents is 1. The summed E-state index contributed by atoms with van der Waals surface area (Å²) < 4.78 is 0. The van der Waals surface area contributed by atoms with Crippen molar-refractivity contribution < 1.29 is 5.11 Å². The van der Waals surface area contributed by atoms with Gasteiger partial charge in [-0.3, -0.25) is 0 Å². The summed E-state index contributed by atoms with van der Waals surface area (Å²) in [4.78, 5) is 0. The summed E-state index contributed by atoms with van der Waals surface area (Å²) in [5.41, 5.74) is 3.51. The fourth-order valence-electron chi connectivity index (χ4n) is 2.01. The molecule has 0 aromatic heterocycles. The average Bonchev–Trinajstić information content (AvgIpc) is 2.42. The van der Waals surface area contributed by atoms with Crippen LogP contribution >= 0.6 is 0 Å². The molecule has 0 unspecified atom stereocenters. The Morgan fingerprint density at radius 2 is 1.16 bits per heavy atom. The molecule has 102 valence electrons. The third-order valence-electron chi connectivity index (χ3n) is 3.12. The Morgan fingerprint density at radius 1 is 0.737 bits per heavy atom. The van der Waals surface area contributed by atoms with E-state index in [0.29, 0.717) is 5.75 Å². The molecule has 1 rings (SSSR count). The molecule has 0 aliphatic rings. The number of allylic oxidation sites excluding steroid dienone is 6. The second-order valence-corrected chi connectivity index (χ2v) is 4.57. The van der Waals surface area contributed by atoms with Crippen LogP contribution in [-0.4, -0.2) is 5.11 Å². The number of benzene rings is 1. The molecule has 19 heavy (non-hydrogen) atoms. The van der Waals surface area contributed by atoms with Gasteiger partial charge in [-0.15, -0.1) is 0 Å². The van der Waals surface area contributed by atoms with E-state index in [1.807, 2.05) is 39.0 Å². The Kier molecular flexibility index (Phi) is 6.73. The molecule has 0 radical (unpaired) electrons. The van der Waals surface area contributed by atoms with Crippen molar-refractivity contribution in [2.75, 3.05) is 0 Å². The molecule has 1 N–H and O–H groups in total. The highest BCUT2D eigenvalue weighted by molar-refractivity contribution is 5.44. The summed E-state index contributed by atoms with van der Waals surface area (Å²) in [6, 6.07) is 4.05. The van der Waals surface area contributed by atoms with Crippen LogP contribution in [0.2, 0.25) is 0 Å². The molecule has 1 nitrogen and oxygen atoms in total. The predicted molar refractivity (Wildman–Crippen MR) is 83.7 cm³/mol. The van der Waals surface area contributed by atoms with E-state index in [1.165, 1.54) is 11.1 Å². The number of aromatic hydroxyl groups is 1. The molecular formula is C18H24O. The molecule has 0 spiro atoms. The van der Waals surface area contributed by atoms with Crippen molar-refractivity contribution in [3.63, 3.8) is 0 Å². The molecule has 0 saturated heterocycles. The number of hydrogen-bond donors (Lipinski definition) is 1. The summed E-state index contributed by atoms with van der Waals surface area (Å²) in [7, 11) is 0. The largest absolute Gasteiger partial charge is 0.508 e. The maximum atomic E-state index is 10.1. The van der Waals surface area contributed by atoms with E-state index >= 15 is 0 Å². The lowest BCUT2D eigenvalue weighted by Gasteiger charge is -2.11. The SMILES string of the molecule is C/C=C/Cc1cc(C/C=C/C)c(C/C=C/C)cc1O. The summed E-state index contributed by atoms with van der Waals surface area (Å²) in [6.07, 6.45) is 15.1. The standard InChI is InChI=1S/C18H24O/c1-4-7-10-15-13-17(12-9-6-3)18(19)14-16(15)11-8-5-2/h4-9,13-14,19H,10-12H2,1-3H3/b7-4+,8-5+,9-6+. The van der Waals surface area contributed by atoms with Crippen molar-refractivity contribution in [1.29, 1.82) is 0 Å². The number of hydrogen-bond acceptors (Lipinski definition) is 1. The van der Waals surface area contributed by atoms with Gasteiger partial charge in [-0.1, -0.05) is 42.5 Å². The van der Waals surface area contributed by atoms with Gasteiger partial charge in [0.1, 0.15) is 5.75 Å².